The minimum Gasteiger partial charge on any atom is -0.309 e. The van der Waals surface area contributed by atoms with E-state index in [1.165, 1.54) is 16.4 Å². The molecule has 0 aliphatic heterocycles. The third kappa shape index (κ3) is 5.46. The average molecular weight is 319 g/mol. The van der Waals surface area contributed by atoms with E-state index in [1.807, 2.05) is 0 Å². The Morgan fingerprint density at radius 2 is 2.05 bits per heavy atom. The molecule has 0 bridgehead atoms. The van der Waals surface area contributed by atoms with E-state index in [-0.39, 0.29) is 17.5 Å². The van der Waals surface area contributed by atoms with Crippen molar-refractivity contribution in [1.82, 2.24) is 14.9 Å². The fourth-order valence-electron chi connectivity index (χ4n) is 2.11. The van der Waals surface area contributed by atoms with Gasteiger partial charge in [0.1, 0.15) is 9.84 Å². The van der Waals surface area contributed by atoms with Crippen molar-refractivity contribution in [2.45, 2.75) is 52.5 Å². The summed E-state index contributed by atoms with van der Waals surface area (Å²) in [6.45, 7) is 6.74. The summed E-state index contributed by atoms with van der Waals surface area (Å²) >= 11 is 1.43. The maximum Gasteiger partial charge on any atom is 0.150 e. The van der Waals surface area contributed by atoms with E-state index < -0.39 is 9.84 Å². The highest BCUT2D eigenvalue weighted by Crippen LogP contribution is 2.25. The molecule has 0 aromatic carbocycles. The molecule has 0 amide bonds. The summed E-state index contributed by atoms with van der Waals surface area (Å²) in [4.78, 5) is 1.17. The second-order valence-corrected chi connectivity index (χ2v) is 8.08. The molecule has 0 saturated carbocycles. The molecule has 0 fully saturated rings. The van der Waals surface area contributed by atoms with Gasteiger partial charge in [-0.1, -0.05) is 31.7 Å². The second-order valence-electron chi connectivity index (χ2n) is 4.82. The summed E-state index contributed by atoms with van der Waals surface area (Å²) in [6.07, 6.45) is 3.47. The van der Waals surface area contributed by atoms with Crippen molar-refractivity contribution in [1.29, 1.82) is 0 Å². The fraction of sp³-hybridized carbons (Fsp3) is 0.846. The number of aryl methyl sites for hydroxylation is 1. The maximum absolute atomic E-state index is 11.6. The molecular formula is C13H25N3O2S2. The lowest BCUT2D eigenvalue weighted by Crippen LogP contribution is -2.22. The van der Waals surface area contributed by atoms with Crippen molar-refractivity contribution < 1.29 is 8.42 Å². The van der Waals surface area contributed by atoms with E-state index in [1.54, 1.807) is 6.92 Å². The number of nitrogens with one attached hydrogen (secondary N) is 1. The fourth-order valence-corrected chi connectivity index (χ4v) is 3.81. The summed E-state index contributed by atoms with van der Waals surface area (Å²) in [7, 11) is -2.87. The highest BCUT2D eigenvalue weighted by atomic mass is 32.2. The van der Waals surface area contributed by atoms with Gasteiger partial charge in [0.15, 0.2) is 0 Å². The smallest absolute Gasteiger partial charge is 0.150 e. The number of nitrogens with zero attached hydrogens (tertiary/aromatic N) is 2. The molecule has 1 aromatic rings. The van der Waals surface area contributed by atoms with Crippen molar-refractivity contribution in [2.75, 3.05) is 18.1 Å². The van der Waals surface area contributed by atoms with Gasteiger partial charge in [0.05, 0.1) is 16.3 Å². The van der Waals surface area contributed by atoms with Gasteiger partial charge in [0, 0.05) is 11.8 Å². The molecule has 1 atom stereocenters. The number of aromatic nitrogens is 2. The predicted octanol–water partition coefficient (Wildman–Crippen LogP) is 2.36. The van der Waals surface area contributed by atoms with Gasteiger partial charge >= 0.3 is 0 Å². The molecule has 5 nitrogen and oxygen atoms in total. The summed E-state index contributed by atoms with van der Waals surface area (Å²) in [5.74, 6) is 0.489. The average Bonchev–Trinajstić information content (AvgIpc) is 2.86. The first-order chi connectivity index (χ1) is 9.54. The molecule has 0 saturated heterocycles. The lowest BCUT2D eigenvalue weighted by atomic mass is 10.1. The van der Waals surface area contributed by atoms with E-state index in [0.717, 1.165) is 31.5 Å². The van der Waals surface area contributed by atoms with Gasteiger partial charge in [0.25, 0.3) is 0 Å². The monoisotopic (exact) mass is 319 g/mol. The first-order valence-electron chi connectivity index (χ1n) is 7.29. The Hall–Kier alpha value is -0.530. The SMILES string of the molecule is CCCc1nnsc1C(CCCS(=O)(=O)CC)NCC. The van der Waals surface area contributed by atoms with Crippen LogP contribution in [0.1, 0.15) is 56.6 Å². The zero-order valence-corrected chi connectivity index (χ0v) is 14.2. The molecule has 0 radical (unpaired) electrons. The minimum atomic E-state index is -2.87. The largest absolute Gasteiger partial charge is 0.309 e. The van der Waals surface area contributed by atoms with Crippen LogP contribution in [-0.2, 0) is 16.3 Å². The Kier molecular flexibility index (Phi) is 7.61. The van der Waals surface area contributed by atoms with Crippen LogP contribution in [0.25, 0.3) is 0 Å². The lowest BCUT2D eigenvalue weighted by molar-refractivity contribution is 0.509. The van der Waals surface area contributed by atoms with Crippen LogP contribution in [0.3, 0.4) is 0 Å². The Bertz CT molecular complexity index is 486. The number of rotatable bonds is 10. The molecule has 1 rings (SSSR count). The number of hydrogen-bond acceptors (Lipinski definition) is 6. The van der Waals surface area contributed by atoms with Crippen molar-refractivity contribution in [3.05, 3.63) is 10.6 Å². The standard InChI is InChI=1S/C13H25N3O2S2/c1-4-8-12-13(19-16-15-12)11(14-5-2)9-7-10-20(17,18)6-3/h11,14H,4-10H2,1-3H3. The van der Waals surface area contributed by atoms with E-state index in [2.05, 4.69) is 28.8 Å². The van der Waals surface area contributed by atoms with Crippen molar-refractivity contribution in [2.24, 2.45) is 0 Å². The van der Waals surface area contributed by atoms with Crippen LogP contribution in [-0.4, -0.2) is 36.1 Å². The Labute approximate surface area is 126 Å². The minimum absolute atomic E-state index is 0.175. The van der Waals surface area contributed by atoms with Crippen LogP contribution in [0.4, 0.5) is 0 Å². The normalized spacial score (nSPS) is 13.6. The molecule has 1 aromatic heterocycles. The van der Waals surface area contributed by atoms with E-state index in [4.69, 9.17) is 0 Å². The zero-order chi connectivity index (χ0) is 15.0. The van der Waals surface area contributed by atoms with E-state index >= 15 is 0 Å². The van der Waals surface area contributed by atoms with Gasteiger partial charge < -0.3 is 5.32 Å². The Morgan fingerprint density at radius 1 is 1.30 bits per heavy atom. The highest BCUT2D eigenvalue weighted by Gasteiger charge is 2.19. The van der Waals surface area contributed by atoms with Crippen LogP contribution in [0.2, 0.25) is 0 Å². The summed E-state index contributed by atoms with van der Waals surface area (Å²) < 4.78 is 27.2. The predicted molar refractivity (Wildman–Crippen MR) is 83.9 cm³/mol. The Morgan fingerprint density at radius 3 is 2.65 bits per heavy atom. The molecule has 0 aliphatic rings. The van der Waals surface area contributed by atoms with Crippen LogP contribution < -0.4 is 5.32 Å². The van der Waals surface area contributed by atoms with Crippen molar-refractivity contribution >= 4 is 21.4 Å². The van der Waals surface area contributed by atoms with Gasteiger partial charge in [0.2, 0.25) is 0 Å². The van der Waals surface area contributed by atoms with Crippen LogP contribution in [0.15, 0.2) is 0 Å². The molecule has 1 heterocycles. The van der Waals surface area contributed by atoms with Gasteiger partial charge in [-0.3, -0.25) is 0 Å². The maximum atomic E-state index is 11.6. The zero-order valence-electron chi connectivity index (χ0n) is 12.6. The summed E-state index contributed by atoms with van der Waals surface area (Å²) in [5.41, 5.74) is 1.06. The molecule has 0 aliphatic carbocycles. The van der Waals surface area contributed by atoms with Crippen molar-refractivity contribution in [3.8, 4) is 0 Å². The Balaban J connectivity index is 2.66. The van der Waals surface area contributed by atoms with Gasteiger partial charge in [-0.25, -0.2) is 8.42 Å². The molecule has 1 N–H and O–H groups in total. The molecule has 116 valence electrons. The molecular weight excluding hydrogens is 294 g/mol. The quantitative estimate of drug-likeness (QED) is 0.717. The van der Waals surface area contributed by atoms with Gasteiger partial charge in [-0.15, -0.1) is 5.10 Å². The molecule has 20 heavy (non-hydrogen) atoms. The molecule has 0 spiro atoms. The van der Waals surface area contributed by atoms with Crippen LogP contribution in [0, 0.1) is 0 Å². The van der Waals surface area contributed by atoms with E-state index in [0.29, 0.717) is 6.42 Å². The van der Waals surface area contributed by atoms with Crippen LogP contribution >= 0.6 is 11.5 Å². The topological polar surface area (TPSA) is 72.0 Å². The third-order valence-corrected chi connectivity index (χ3v) is 5.90. The molecule has 7 heteroatoms. The summed E-state index contributed by atoms with van der Waals surface area (Å²) in [6, 6.07) is 0.175. The first kappa shape index (κ1) is 17.5. The van der Waals surface area contributed by atoms with Crippen LogP contribution in [0.5, 0.6) is 0 Å². The molecule has 1 unspecified atom stereocenters. The second kappa shape index (κ2) is 8.69. The van der Waals surface area contributed by atoms with Gasteiger partial charge in [-0.05, 0) is 37.3 Å². The van der Waals surface area contributed by atoms with Gasteiger partial charge in [-0.2, -0.15) is 0 Å². The van der Waals surface area contributed by atoms with Crippen molar-refractivity contribution in [3.63, 3.8) is 0 Å². The van der Waals surface area contributed by atoms with E-state index in [9.17, 15) is 8.42 Å². The first-order valence-corrected chi connectivity index (χ1v) is 9.88. The number of hydrogen-bond donors (Lipinski definition) is 1. The number of sulfone groups is 1. The summed E-state index contributed by atoms with van der Waals surface area (Å²) in [5, 5.41) is 7.62. The highest BCUT2D eigenvalue weighted by molar-refractivity contribution is 7.91. The third-order valence-electron chi connectivity index (χ3n) is 3.23. The lowest BCUT2D eigenvalue weighted by Gasteiger charge is -2.16.